The van der Waals surface area contributed by atoms with Crippen molar-refractivity contribution in [2.24, 2.45) is 0 Å². The van der Waals surface area contributed by atoms with Crippen LogP contribution in [0.1, 0.15) is 21.5 Å². The molecule has 0 aliphatic rings. The number of benzene rings is 3. The largest absolute Gasteiger partial charge is 0.496 e. The molecule has 4 nitrogen and oxygen atoms in total. The topological polar surface area (TPSA) is 44.1 Å². The SMILES string of the molecule is COc1ccc(/C=C/C(=O)c2ccc3ccccc3c2)cc1Cn1cc(Cl)cn1. The maximum absolute atomic E-state index is 12.6. The highest BCUT2D eigenvalue weighted by Crippen LogP contribution is 2.23. The molecule has 4 rings (SSSR count). The molecule has 5 heteroatoms. The molecule has 0 bridgehead atoms. The number of rotatable bonds is 6. The molecular weight excluding hydrogens is 384 g/mol. The van der Waals surface area contributed by atoms with E-state index in [4.69, 9.17) is 16.3 Å². The van der Waals surface area contributed by atoms with Crippen LogP contribution in [0.3, 0.4) is 0 Å². The van der Waals surface area contributed by atoms with Crippen LogP contribution in [-0.4, -0.2) is 22.7 Å². The van der Waals surface area contributed by atoms with Crippen molar-refractivity contribution in [3.63, 3.8) is 0 Å². The number of ketones is 1. The summed E-state index contributed by atoms with van der Waals surface area (Å²) in [6.45, 7) is 0.524. The van der Waals surface area contributed by atoms with Gasteiger partial charge in [0.15, 0.2) is 5.78 Å². The molecule has 0 amide bonds. The Morgan fingerprint density at radius 2 is 1.93 bits per heavy atom. The van der Waals surface area contributed by atoms with Crippen molar-refractivity contribution in [1.29, 1.82) is 0 Å². The van der Waals surface area contributed by atoms with E-state index >= 15 is 0 Å². The van der Waals surface area contributed by atoms with E-state index in [2.05, 4.69) is 5.10 Å². The second-order valence-electron chi connectivity index (χ2n) is 6.69. The van der Waals surface area contributed by atoms with Crippen LogP contribution >= 0.6 is 11.6 Å². The van der Waals surface area contributed by atoms with Gasteiger partial charge < -0.3 is 4.74 Å². The van der Waals surface area contributed by atoms with Crippen molar-refractivity contribution in [1.82, 2.24) is 9.78 Å². The van der Waals surface area contributed by atoms with Gasteiger partial charge in [-0.05, 0) is 40.6 Å². The van der Waals surface area contributed by atoms with Gasteiger partial charge >= 0.3 is 0 Å². The summed E-state index contributed by atoms with van der Waals surface area (Å²) in [6, 6.07) is 19.5. The number of halogens is 1. The maximum Gasteiger partial charge on any atom is 0.185 e. The predicted molar refractivity (Wildman–Crippen MR) is 117 cm³/mol. The first kappa shape index (κ1) is 19.0. The number of allylic oxidation sites excluding steroid dienone is 1. The zero-order chi connectivity index (χ0) is 20.2. The van der Waals surface area contributed by atoms with Gasteiger partial charge in [0.2, 0.25) is 0 Å². The van der Waals surface area contributed by atoms with Gasteiger partial charge in [-0.3, -0.25) is 9.48 Å². The minimum absolute atomic E-state index is 0.0352. The van der Waals surface area contributed by atoms with Crippen LogP contribution in [0.5, 0.6) is 5.75 Å². The normalized spacial score (nSPS) is 11.2. The Hall–Kier alpha value is -3.37. The number of aromatic nitrogens is 2. The molecule has 0 spiro atoms. The summed E-state index contributed by atoms with van der Waals surface area (Å²) < 4.78 is 7.19. The van der Waals surface area contributed by atoms with Crippen molar-refractivity contribution in [3.05, 3.63) is 101 Å². The number of nitrogens with zero attached hydrogens (tertiary/aromatic N) is 2. The minimum Gasteiger partial charge on any atom is -0.496 e. The second-order valence-corrected chi connectivity index (χ2v) is 7.12. The number of carbonyl (C=O) groups is 1. The molecule has 0 aliphatic carbocycles. The molecule has 0 radical (unpaired) electrons. The molecule has 4 aromatic rings. The molecule has 0 aliphatic heterocycles. The van der Waals surface area contributed by atoms with Gasteiger partial charge in [0.25, 0.3) is 0 Å². The summed E-state index contributed by atoms with van der Waals surface area (Å²) in [4.78, 5) is 12.6. The van der Waals surface area contributed by atoms with E-state index in [0.717, 1.165) is 27.6 Å². The molecule has 1 aromatic heterocycles. The molecule has 0 N–H and O–H groups in total. The van der Waals surface area contributed by atoms with Crippen LogP contribution in [0.15, 0.2) is 79.1 Å². The molecule has 0 saturated heterocycles. The molecule has 0 unspecified atom stereocenters. The Bertz CT molecular complexity index is 1210. The third kappa shape index (κ3) is 4.39. The van der Waals surface area contributed by atoms with E-state index in [9.17, 15) is 4.79 Å². The lowest BCUT2D eigenvalue weighted by Gasteiger charge is -2.09. The first-order chi connectivity index (χ1) is 14.1. The third-order valence-corrected chi connectivity index (χ3v) is 4.89. The van der Waals surface area contributed by atoms with Crippen molar-refractivity contribution >= 4 is 34.2 Å². The lowest BCUT2D eigenvalue weighted by atomic mass is 10.0. The van der Waals surface area contributed by atoms with Crippen LogP contribution in [0, 0.1) is 0 Å². The number of fused-ring (bicyclic) bond motifs is 1. The molecule has 3 aromatic carbocycles. The predicted octanol–water partition coefficient (Wildman–Crippen LogP) is 5.64. The van der Waals surface area contributed by atoms with Gasteiger partial charge in [0.05, 0.1) is 24.9 Å². The molecule has 29 heavy (non-hydrogen) atoms. The zero-order valence-electron chi connectivity index (χ0n) is 15.9. The van der Waals surface area contributed by atoms with Gasteiger partial charge in [-0.15, -0.1) is 0 Å². The fourth-order valence-corrected chi connectivity index (χ4v) is 3.39. The smallest absolute Gasteiger partial charge is 0.185 e. The standard InChI is InChI=1S/C24H19ClN2O2/c1-29-24-11-7-17(12-21(24)15-27-16-22(25)14-26-27)6-10-23(28)20-9-8-18-4-2-3-5-19(18)13-20/h2-14,16H,15H2,1H3/b10-6+. The summed E-state index contributed by atoms with van der Waals surface area (Å²) in [7, 11) is 1.63. The number of hydrogen-bond donors (Lipinski definition) is 0. The average molecular weight is 403 g/mol. The number of ether oxygens (including phenoxy) is 1. The lowest BCUT2D eigenvalue weighted by molar-refractivity contribution is 0.104. The molecule has 0 saturated carbocycles. The van der Waals surface area contributed by atoms with E-state index in [-0.39, 0.29) is 5.78 Å². The lowest BCUT2D eigenvalue weighted by Crippen LogP contribution is -2.02. The van der Waals surface area contributed by atoms with Gasteiger partial charge in [-0.1, -0.05) is 60.1 Å². The van der Waals surface area contributed by atoms with Gasteiger partial charge in [-0.25, -0.2) is 0 Å². The summed E-state index contributed by atoms with van der Waals surface area (Å²) in [5, 5.41) is 6.97. The average Bonchev–Trinajstić information content (AvgIpc) is 3.16. The highest BCUT2D eigenvalue weighted by molar-refractivity contribution is 6.30. The van der Waals surface area contributed by atoms with Crippen molar-refractivity contribution in [2.75, 3.05) is 7.11 Å². The van der Waals surface area contributed by atoms with Crippen LogP contribution in [0.25, 0.3) is 16.8 Å². The Morgan fingerprint density at radius 3 is 2.69 bits per heavy atom. The summed E-state index contributed by atoms with van der Waals surface area (Å²) in [5.41, 5.74) is 2.53. The van der Waals surface area contributed by atoms with E-state index in [1.165, 1.54) is 0 Å². The molecule has 0 atom stereocenters. The van der Waals surface area contributed by atoms with Crippen molar-refractivity contribution in [3.8, 4) is 5.75 Å². The Balaban J connectivity index is 1.56. The third-order valence-electron chi connectivity index (χ3n) is 4.70. The van der Waals surface area contributed by atoms with Crippen LogP contribution in [0.4, 0.5) is 0 Å². The van der Waals surface area contributed by atoms with Gasteiger partial charge in [0, 0.05) is 17.3 Å². The number of methoxy groups -OCH3 is 1. The van der Waals surface area contributed by atoms with Crippen LogP contribution < -0.4 is 4.74 Å². The Kier molecular flexibility index (Phi) is 5.45. The molecule has 1 heterocycles. The van der Waals surface area contributed by atoms with Gasteiger partial charge in [-0.2, -0.15) is 5.10 Å². The minimum atomic E-state index is -0.0352. The summed E-state index contributed by atoms with van der Waals surface area (Å²) in [6.07, 6.45) is 6.77. The highest BCUT2D eigenvalue weighted by Gasteiger charge is 2.07. The Morgan fingerprint density at radius 1 is 1.10 bits per heavy atom. The van der Waals surface area contributed by atoms with Gasteiger partial charge in [0.1, 0.15) is 5.75 Å². The summed E-state index contributed by atoms with van der Waals surface area (Å²) in [5.74, 6) is 0.724. The summed E-state index contributed by atoms with van der Waals surface area (Å²) >= 11 is 5.95. The van der Waals surface area contributed by atoms with E-state index < -0.39 is 0 Å². The molecule has 0 fully saturated rings. The first-order valence-corrected chi connectivity index (χ1v) is 9.56. The fraction of sp³-hybridized carbons (Fsp3) is 0.0833. The maximum atomic E-state index is 12.6. The van der Waals surface area contributed by atoms with Crippen LogP contribution in [-0.2, 0) is 6.54 Å². The van der Waals surface area contributed by atoms with E-state index in [1.807, 2.05) is 66.7 Å². The molecular formula is C24H19ClN2O2. The first-order valence-electron chi connectivity index (χ1n) is 9.18. The second kappa shape index (κ2) is 8.33. The fourth-order valence-electron chi connectivity index (χ4n) is 3.24. The van der Waals surface area contributed by atoms with Crippen molar-refractivity contribution in [2.45, 2.75) is 6.54 Å². The van der Waals surface area contributed by atoms with Crippen molar-refractivity contribution < 1.29 is 9.53 Å². The zero-order valence-corrected chi connectivity index (χ0v) is 16.6. The quantitative estimate of drug-likeness (QED) is 0.309. The number of carbonyl (C=O) groups excluding carboxylic acids is 1. The number of hydrogen-bond acceptors (Lipinski definition) is 3. The van der Waals surface area contributed by atoms with Crippen LogP contribution in [0.2, 0.25) is 5.02 Å². The highest BCUT2D eigenvalue weighted by atomic mass is 35.5. The Labute approximate surface area is 174 Å². The van der Waals surface area contributed by atoms with E-state index in [1.54, 1.807) is 30.3 Å². The monoisotopic (exact) mass is 402 g/mol. The molecule has 144 valence electrons. The van der Waals surface area contributed by atoms with E-state index in [0.29, 0.717) is 17.1 Å².